The van der Waals surface area contributed by atoms with Crippen LogP contribution in [0.15, 0.2) is 46.9 Å². The summed E-state index contributed by atoms with van der Waals surface area (Å²) >= 11 is 3.27. The molecule has 0 atom stereocenters. The van der Waals surface area contributed by atoms with Crippen LogP contribution in [0.4, 0.5) is 0 Å². The van der Waals surface area contributed by atoms with Gasteiger partial charge in [-0.3, -0.25) is 4.79 Å². The molecule has 2 aromatic rings. The Morgan fingerprint density at radius 2 is 2.05 bits per heavy atom. The second kappa shape index (κ2) is 7.75. The van der Waals surface area contributed by atoms with Crippen molar-refractivity contribution in [2.45, 2.75) is 13.3 Å². The van der Waals surface area contributed by atoms with Gasteiger partial charge < -0.3 is 9.47 Å². The standard InChI is InChI=1S/C17H15BrO4/c1-2-8-21-15-5-3-4-12(10-15)17(20)22-16-7-6-14(18)9-13(16)11-19/h3-7,9-11H,2,8H2,1H3. The molecule has 0 unspecified atom stereocenters. The summed E-state index contributed by atoms with van der Waals surface area (Å²) in [5.41, 5.74) is 0.675. The lowest BCUT2D eigenvalue weighted by Crippen LogP contribution is -2.10. The zero-order valence-electron chi connectivity index (χ0n) is 12.0. The molecule has 0 spiro atoms. The van der Waals surface area contributed by atoms with Crippen molar-refractivity contribution in [1.82, 2.24) is 0 Å². The fourth-order valence-electron chi connectivity index (χ4n) is 1.80. The predicted octanol–water partition coefficient (Wildman–Crippen LogP) is 4.27. The van der Waals surface area contributed by atoms with Gasteiger partial charge in [0.05, 0.1) is 17.7 Å². The van der Waals surface area contributed by atoms with Crippen molar-refractivity contribution < 1.29 is 19.1 Å². The summed E-state index contributed by atoms with van der Waals surface area (Å²) < 4.78 is 11.5. The molecule has 0 radical (unpaired) electrons. The summed E-state index contributed by atoms with van der Waals surface area (Å²) in [6.07, 6.45) is 1.53. The molecule has 0 fully saturated rings. The second-order valence-corrected chi connectivity index (χ2v) is 5.48. The quantitative estimate of drug-likeness (QED) is 0.437. The summed E-state index contributed by atoms with van der Waals surface area (Å²) in [5, 5.41) is 0. The first-order valence-electron chi connectivity index (χ1n) is 6.84. The molecule has 0 bridgehead atoms. The van der Waals surface area contributed by atoms with E-state index in [4.69, 9.17) is 9.47 Å². The Hall–Kier alpha value is -2.14. The fourth-order valence-corrected chi connectivity index (χ4v) is 2.17. The molecule has 0 aromatic heterocycles. The van der Waals surface area contributed by atoms with E-state index in [1.54, 1.807) is 42.5 Å². The molecule has 2 aromatic carbocycles. The van der Waals surface area contributed by atoms with Crippen LogP contribution in [-0.4, -0.2) is 18.9 Å². The number of hydrogen-bond donors (Lipinski definition) is 0. The smallest absolute Gasteiger partial charge is 0.343 e. The van der Waals surface area contributed by atoms with E-state index in [9.17, 15) is 9.59 Å². The lowest BCUT2D eigenvalue weighted by Gasteiger charge is -2.09. The van der Waals surface area contributed by atoms with Crippen LogP contribution in [-0.2, 0) is 0 Å². The van der Waals surface area contributed by atoms with Crippen LogP contribution < -0.4 is 9.47 Å². The Balaban J connectivity index is 2.17. The van der Waals surface area contributed by atoms with Gasteiger partial charge in [-0.25, -0.2) is 4.79 Å². The van der Waals surface area contributed by atoms with Gasteiger partial charge in [0.15, 0.2) is 6.29 Å². The van der Waals surface area contributed by atoms with Crippen molar-refractivity contribution in [2.75, 3.05) is 6.61 Å². The van der Waals surface area contributed by atoms with Crippen LogP contribution in [0.3, 0.4) is 0 Å². The number of benzene rings is 2. The minimum atomic E-state index is -0.535. The van der Waals surface area contributed by atoms with E-state index in [1.807, 2.05) is 6.92 Å². The third-order valence-corrected chi connectivity index (χ3v) is 3.34. The Morgan fingerprint density at radius 3 is 2.77 bits per heavy atom. The third-order valence-electron chi connectivity index (χ3n) is 2.84. The lowest BCUT2D eigenvalue weighted by atomic mass is 10.2. The third kappa shape index (κ3) is 4.18. The highest BCUT2D eigenvalue weighted by Gasteiger charge is 2.12. The molecule has 0 N–H and O–H groups in total. The van der Waals surface area contributed by atoms with Crippen molar-refractivity contribution >= 4 is 28.2 Å². The molecule has 0 saturated heterocycles. The molecule has 0 aliphatic carbocycles. The van der Waals surface area contributed by atoms with Crippen molar-refractivity contribution in [3.8, 4) is 11.5 Å². The molecule has 0 amide bonds. The molecule has 5 heteroatoms. The molecule has 0 aliphatic heterocycles. The summed E-state index contributed by atoms with van der Waals surface area (Å²) in [6.45, 7) is 2.59. The lowest BCUT2D eigenvalue weighted by molar-refractivity contribution is 0.0733. The fraction of sp³-hybridized carbons (Fsp3) is 0.176. The second-order valence-electron chi connectivity index (χ2n) is 4.57. The summed E-state index contributed by atoms with van der Waals surface area (Å²) in [7, 11) is 0. The van der Waals surface area contributed by atoms with Crippen LogP contribution in [0.5, 0.6) is 11.5 Å². The van der Waals surface area contributed by atoms with Gasteiger partial charge in [0.25, 0.3) is 0 Å². The van der Waals surface area contributed by atoms with Crippen LogP contribution in [0.2, 0.25) is 0 Å². The number of rotatable bonds is 6. The van der Waals surface area contributed by atoms with E-state index in [0.717, 1.165) is 10.9 Å². The van der Waals surface area contributed by atoms with Gasteiger partial charge in [-0.15, -0.1) is 0 Å². The summed E-state index contributed by atoms with van der Waals surface area (Å²) in [4.78, 5) is 23.2. The largest absolute Gasteiger partial charge is 0.494 e. The van der Waals surface area contributed by atoms with Crippen LogP contribution >= 0.6 is 15.9 Å². The average Bonchev–Trinajstić information content (AvgIpc) is 2.54. The number of hydrogen-bond acceptors (Lipinski definition) is 4. The molecule has 4 nitrogen and oxygen atoms in total. The van der Waals surface area contributed by atoms with E-state index in [0.29, 0.717) is 29.8 Å². The van der Waals surface area contributed by atoms with Crippen molar-refractivity contribution in [3.05, 3.63) is 58.1 Å². The van der Waals surface area contributed by atoms with Gasteiger partial charge in [-0.2, -0.15) is 0 Å². The monoisotopic (exact) mass is 362 g/mol. The van der Waals surface area contributed by atoms with E-state index in [-0.39, 0.29) is 5.75 Å². The highest BCUT2D eigenvalue weighted by molar-refractivity contribution is 9.10. The Labute approximate surface area is 137 Å². The van der Waals surface area contributed by atoms with Crippen LogP contribution in [0, 0.1) is 0 Å². The zero-order valence-corrected chi connectivity index (χ0v) is 13.6. The molecule has 114 valence electrons. The highest BCUT2D eigenvalue weighted by atomic mass is 79.9. The minimum absolute atomic E-state index is 0.225. The van der Waals surface area contributed by atoms with Crippen molar-refractivity contribution in [1.29, 1.82) is 0 Å². The van der Waals surface area contributed by atoms with Crippen LogP contribution in [0.1, 0.15) is 34.1 Å². The number of halogens is 1. The van der Waals surface area contributed by atoms with Gasteiger partial charge in [0, 0.05) is 4.47 Å². The summed E-state index contributed by atoms with van der Waals surface area (Å²) in [5.74, 6) is 0.304. The first-order valence-corrected chi connectivity index (χ1v) is 7.63. The van der Waals surface area contributed by atoms with E-state index >= 15 is 0 Å². The molecule has 0 heterocycles. The highest BCUT2D eigenvalue weighted by Crippen LogP contribution is 2.23. The van der Waals surface area contributed by atoms with Crippen molar-refractivity contribution in [3.63, 3.8) is 0 Å². The van der Waals surface area contributed by atoms with Gasteiger partial charge in [-0.05, 0) is 42.8 Å². The van der Waals surface area contributed by atoms with Crippen molar-refractivity contribution in [2.24, 2.45) is 0 Å². The maximum atomic E-state index is 12.2. The maximum Gasteiger partial charge on any atom is 0.343 e. The molecular formula is C17H15BrO4. The maximum absolute atomic E-state index is 12.2. The molecule has 0 saturated carbocycles. The Kier molecular flexibility index (Phi) is 5.72. The van der Waals surface area contributed by atoms with Gasteiger partial charge in [0.2, 0.25) is 0 Å². The first-order chi connectivity index (χ1) is 10.6. The molecule has 2 rings (SSSR count). The number of carbonyl (C=O) groups is 2. The van der Waals surface area contributed by atoms with E-state index in [1.165, 1.54) is 0 Å². The molecular weight excluding hydrogens is 348 g/mol. The Bertz CT molecular complexity index is 682. The normalized spacial score (nSPS) is 10.1. The molecule has 22 heavy (non-hydrogen) atoms. The minimum Gasteiger partial charge on any atom is -0.494 e. The van der Waals surface area contributed by atoms with Gasteiger partial charge >= 0.3 is 5.97 Å². The zero-order chi connectivity index (χ0) is 15.9. The van der Waals surface area contributed by atoms with Gasteiger partial charge in [0.1, 0.15) is 11.5 Å². The first kappa shape index (κ1) is 16.2. The average molecular weight is 363 g/mol. The van der Waals surface area contributed by atoms with E-state index < -0.39 is 5.97 Å². The predicted molar refractivity (Wildman–Crippen MR) is 86.7 cm³/mol. The number of esters is 1. The Morgan fingerprint density at radius 1 is 1.23 bits per heavy atom. The summed E-state index contributed by atoms with van der Waals surface area (Å²) in [6, 6.07) is 11.6. The number of aldehydes is 1. The van der Waals surface area contributed by atoms with E-state index in [2.05, 4.69) is 15.9 Å². The SMILES string of the molecule is CCCOc1cccc(C(=O)Oc2ccc(Br)cc2C=O)c1. The van der Waals surface area contributed by atoms with Gasteiger partial charge in [-0.1, -0.05) is 28.9 Å². The molecule has 0 aliphatic rings. The number of carbonyl (C=O) groups excluding carboxylic acids is 2. The number of ether oxygens (including phenoxy) is 2. The topological polar surface area (TPSA) is 52.6 Å². The van der Waals surface area contributed by atoms with Crippen LogP contribution in [0.25, 0.3) is 0 Å².